The number of ether oxygens (including phenoxy) is 1. The number of nitrogens with zero attached hydrogens (tertiary/aromatic N) is 2. The van der Waals surface area contributed by atoms with E-state index in [1.165, 1.54) is 24.4 Å². The number of rotatable bonds is 3. The molecule has 1 aromatic heterocycles. The maximum atomic E-state index is 12.7. The highest BCUT2D eigenvalue weighted by molar-refractivity contribution is 5.88. The minimum atomic E-state index is -3.12. The Morgan fingerprint density at radius 3 is 2.68 bits per heavy atom. The average Bonchev–Trinajstić information content (AvgIpc) is 2.91. The Hall–Kier alpha value is -3.10. The smallest absolute Gasteiger partial charge is 0.387 e. The van der Waals surface area contributed by atoms with Gasteiger partial charge >= 0.3 is 12.6 Å². The molecule has 4 rings (SSSR count). The lowest BCUT2D eigenvalue weighted by Gasteiger charge is -2.44. The Kier molecular flexibility index (Phi) is 3.88. The van der Waals surface area contributed by atoms with E-state index in [1.54, 1.807) is 4.68 Å². The quantitative estimate of drug-likeness (QED) is 0.834. The van der Waals surface area contributed by atoms with Crippen LogP contribution in [-0.2, 0) is 0 Å². The summed E-state index contributed by atoms with van der Waals surface area (Å²) in [5, 5.41) is 21.5. The molecule has 2 aliphatic heterocycles. The van der Waals surface area contributed by atoms with Gasteiger partial charge in [-0.25, -0.2) is 4.79 Å². The number of carbonyl (C=O) groups is 1. The lowest BCUT2D eigenvalue weighted by atomic mass is 9.93. The number of aromatic nitrogens is 1. The summed E-state index contributed by atoms with van der Waals surface area (Å²) in [5.41, 5.74) is 0.0559. The Bertz CT molecular complexity index is 1050. The first-order chi connectivity index (χ1) is 13.1. The highest BCUT2D eigenvalue weighted by Gasteiger charge is 2.45. The second kappa shape index (κ2) is 5.95. The van der Waals surface area contributed by atoms with Gasteiger partial charge < -0.3 is 14.9 Å². The molecule has 1 aromatic carbocycles. The van der Waals surface area contributed by atoms with E-state index >= 15 is 0 Å². The number of carboxylic acids is 1. The lowest BCUT2D eigenvalue weighted by Crippen LogP contribution is -2.50. The van der Waals surface area contributed by atoms with Gasteiger partial charge in [0.25, 0.3) is 0 Å². The third-order valence-electron chi connectivity index (χ3n) is 5.42. The summed E-state index contributed by atoms with van der Waals surface area (Å²) in [6, 6.07) is 3.61. The van der Waals surface area contributed by atoms with E-state index in [9.17, 15) is 28.6 Å². The van der Waals surface area contributed by atoms with Crippen LogP contribution < -0.4 is 15.2 Å². The predicted octanol–water partition coefficient (Wildman–Crippen LogP) is 3.09. The highest BCUT2D eigenvalue weighted by atomic mass is 19.3. The zero-order valence-corrected chi connectivity index (χ0v) is 15.1. The fourth-order valence-corrected chi connectivity index (χ4v) is 4.21. The van der Waals surface area contributed by atoms with Crippen molar-refractivity contribution in [3.63, 3.8) is 0 Å². The molecule has 1 saturated heterocycles. The van der Waals surface area contributed by atoms with Crippen LogP contribution >= 0.6 is 0 Å². The van der Waals surface area contributed by atoms with Gasteiger partial charge in [-0.05, 0) is 44.4 Å². The second-order valence-corrected chi connectivity index (χ2v) is 7.58. The molecule has 1 atom stereocenters. The molecule has 9 heteroatoms. The standard InChI is InChI=1S/C19H18F2N2O5/c1-19(2)4-3-12-9-5-15(25)16(28-18(20)21)6-10(9)13-7-14(24)11(17(26)27)8-22(13)23(12)19/h5-8,12,18,25H,3-4H2,1-2H3,(H,26,27)/t12-/m1/s1. The van der Waals surface area contributed by atoms with Crippen molar-refractivity contribution in [1.82, 2.24) is 4.68 Å². The predicted molar refractivity (Wildman–Crippen MR) is 95.7 cm³/mol. The molecule has 2 aromatic rings. The Balaban J connectivity index is 2.02. The molecule has 0 saturated carbocycles. The first kappa shape index (κ1) is 18.3. The number of aromatic carboxylic acids is 1. The van der Waals surface area contributed by atoms with Gasteiger partial charge in [0.15, 0.2) is 16.9 Å². The van der Waals surface area contributed by atoms with E-state index in [-0.39, 0.29) is 17.1 Å². The topological polar surface area (TPSA) is 92.0 Å². The van der Waals surface area contributed by atoms with Crippen LogP contribution in [-0.4, -0.2) is 33.0 Å². The average molecular weight is 392 g/mol. The molecule has 2 aliphatic rings. The molecule has 0 unspecified atom stereocenters. The molecule has 28 heavy (non-hydrogen) atoms. The molecule has 7 nitrogen and oxygen atoms in total. The monoisotopic (exact) mass is 392 g/mol. The first-order valence-corrected chi connectivity index (χ1v) is 8.72. The molecule has 0 spiro atoms. The zero-order valence-electron chi connectivity index (χ0n) is 15.1. The number of pyridine rings is 1. The van der Waals surface area contributed by atoms with E-state index in [2.05, 4.69) is 4.74 Å². The molecule has 0 bridgehead atoms. The summed E-state index contributed by atoms with van der Waals surface area (Å²) >= 11 is 0. The van der Waals surface area contributed by atoms with E-state index in [1.807, 2.05) is 18.9 Å². The van der Waals surface area contributed by atoms with Crippen molar-refractivity contribution in [3.05, 3.63) is 45.7 Å². The molecule has 1 fully saturated rings. The number of fused-ring (bicyclic) bond motifs is 6. The Morgan fingerprint density at radius 1 is 1.32 bits per heavy atom. The van der Waals surface area contributed by atoms with Gasteiger partial charge in [-0.3, -0.25) is 14.5 Å². The Morgan fingerprint density at radius 2 is 2.04 bits per heavy atom. The molecule has 148 valence electrons. The number of aromatic hydroxyl groups is 1. The van der Waals surface area contributed by atoms with Gasteiger partial charge in [0.1, 0.15) is 5.56 Å². The number of benzene rings is 1. The van der Waals surface area contributed by atoms with Crippen molar-refractivity contribution in [2.24, 2.45) is 0 Å². The van der Waals surface area contributed by atoms with Crippen molar-refractivity contribution in [3.8, 4) is 22.8 Å². The Labute approximate surface area is 158 Å². The van der Waals surface area contributed by atoms with E-state index in [4.69, 9.17) is 0 Å². The van der Waals surface area contributed by atoms with Crippen molar-refractivity contribution >= 4 is 5.97 Å². The second-order valence-electron chi connectivity index (χ2n) is 7.58. The number of alkyl halides is 2. The fraction of sp³-hybridized carbons (Fsp3) is 0.368. The van der Waals surface area contributed by atoms with Gasteiger partial charge in [0.05, 0.1) is 17.3 Å². The maximum absolute atomic E-state index is 12.7. The van der Waals surface area contributed by atoms with Crippen LogP contribution in [0.25, 0.3) is 11.3 Å². The van der Waals surface area contributed by atoms with Crippen LogP contribution in [0.4, 0.5) is 8.78 Å². The highest BCUT2D eigenvalue weighted by Crippen LogP contribution is 2.50. The van der Waals surface area contributed by atoms with Gasteiger partial charge in [-0.1, -0.05) is 0 Å². The largest absolute Gasteiger partial charge is 0.504 e. The first-order valence-electron chi connectivity index (χ1n) is 8.72. The van der Waals surface area contributed by atoms with Gasteiger partial charge in [0, 0.05) is 17.8 Å². The van der Waals surface area contributed by atoms with Crippen LogP contribution in [0.3, 0.4) is 0 Å². The van der Waals surface area contributed by atoms with E-state index in [0.29, 0.717) is 23.2 Å². The minimum Gasteiger partial charge on any atom is -0.504 e. The van der Waals surface area contributed by atoms with Crippen molar-refractivity contribution < 1.29 is 28.5 Å². The van der Waals surface area contributed by atoms with Gasteiger partial charge in [0.2, 0.25) is 0 Å². The number of hydrogen-bond donors (Lipinski definition) is 2. The zero-order chi connectivity index (χ0) is 20.4. The van der Waals surface area contributed by atoms with Crippen molar-refractivity contribution in [1.29, 1.82) is 0 Å². The molecular weight excluding hydrogens is 374 g/mol. The number of halogens is 2. The summed E-state index contributed by atoms with van der Waals surface area (Å²) in [7, 11) is 0. The molecule has 2 N–H and O–H groups in total. The van der Waals surface area contributed by atoms with Gasteiger partial charge in [-0.2, -0.15) is 8.78 Å². The van der Waals surface area contributed by atoms with Gasteiger partial charge in [-0.15, -0.1) is 0 Å². The normalized spacial score (nSPS) is 19.2. The minimum absolute atomic E-state index is 0.215. The third-order valence-corrected chi connectivity index (χ3v) is 5.42. The van der Waals surface area contributed by atoms with Crippen LogP contribution in [0.2, 0.25) is 0 Å². The molecular formula is C19H18F2N2O5. The number of hydrogen-bond acceptors (Lipinski definition) is 5. The summed E-state index contributed by atoms with van der Waals surface area (Å²) in [4.78, 5) is 23.8. The van der Waals surface area contributed by atoms with Crippen LogP contribution in [0, 0.1) is 0 Å². The van der Waals surface area contributed by atoms with E-state index < -0.39 is 29.5 Å². The maximum Gasteiger partial charge on any atom is 0.387 e. The third kappa shape index (κ3) is 2.61. The van der Waals surface area contributed by atoms with E-state index in [0.717, 1.165) is 6.42 Å². The molecule has 0 amide bonds. The molecule has 3 heterocycles. The van der Waals surface area contributed by atoms with Crippen LogP contribution in [0.1, 0.15) is 48.7 Å². The fourth-order valence-electron chi connectivity index (χ4n) is 4.21. The number of phenolic OH excluding ortho intramolecular Hbond substituents is 1. The van der Waals surface area contributed by atoms with Crippen molar-refractivity contribution in [2.45, 2.75) is 44.9 Å². The number of phenols is 1. The number of carboxylic acid groups (broad SMARTS) is 1. The summed E-state index contributed by atoms with van der Waals surface area (Å²) < 4.78 is 31.4. The lowest BCUT2D eigenvalue weighted by molar-refractivity contribution is -0.0512. The molecule has 0 aliphatic carbocycles. The summed E-state index contributed by atoms with van der Waals surface area (Å²) in [6.07, 6.45) is 2.76. The molecule has 0 radical (unpaired) electrons. The van der Waals surface area contributed by atoms with Crippen LogP contribution in [0.15, 0.2) is 29.2 Å². The SMILES string of the molecule is CC1(C)CC[C@@H]2c3cc(O)c(OC(F)F)cc3-c3cc(=O)c(C(=O)O)cn3N21. The summed E-state index contributed by atoms with van der Waals surface area (Å²) in [5.74, 6) is -2.16. The van der Waals surface area contributed by atoms with Crippen LogP contribution in [0.5, 0.6) is 11.5 Å². The summed E-state index contributed by atoms with van der Waals surface area (Å²) in [6.45, 7) is 0.870. The van der Waals surface area contributed by atoms with Crippen molar-refractivity contribution in [2.75, 3.05) is 5.01 Å².